The van der Waals surface area contributed by atoms with E-state index < -0.39 is 17.8 Å². The molecule has 0 saturated carbocycles. The Kier molecular flexibility index (Phi) is 15.7. The van der Waals surface area contributed by atoms with Crippen LogP contribution in [0.2, 0.25) is 5.02 Å². The number of phosphoric ester groups is 1. The van der Waals surface area contributed by atoms with E-state index in [0.717, 1.165) is 38.5 Å². The molecular formula is C22H39ClNO6PS. The van der Waals surface area contributed by atoms with E-state index in [2.05, 4.69) is 13.8 Å². The monoisotopic (exact) mass is 511 g/mol. The average Bonchev–Trinajstić information content (AvgIpc) is 2.77. The van der Waals surface area contributed by atoms with Crippen LogP contribution in [0.1, 0.15) is 90.9 Å². The molecule has 1 N–H and O–H groups in total. The summed E-state index contributed by atoms with van der Waals surface area (Å²) in [5.41, 5.74) is 0. The Bertz CT molecular complexity index is 738. The van der Waals surface area contributed by atoms with Crippen LogP contribution >= 0.6 is 19.4 Å². The summed E-state index contributed by atoms with van der Waals surface area (Å²) in [5.74, 6) is 0. The third kappa shape index (κ3) is 13.3. The molecule has 1 rings (SSSR count). The van der Waals surface area contributed by atoms with E-state index >= 15 is 0 Å². The number of hydrogen-bond acceptors (Lipinski definition) is 6. The number of benzene rings is 1. The van der Waals surface area contributed by atoms with Crippen LogP contribution in [0, 0.1) is 0 Å². The number of rotatable bonds is 20. The van der Waals surface area contributed by atoms with Crippen LogP contribution < -0.4 is 4.89 Å². The lowest BCUT2D eigenvalue weighted by Crippen LogP contribution is -2.24. The van der Waals surface area contributed by atoms with Crippen molar-refractivity contribution in [3.63, 3.8) is 0 Å². The fourth-order valence-electron chi connectivity index (χ4n) is 2.96. The molecule has 0 aliphatic rings. The first-order chi connectivity index (χ1) is 15.3. The Labute approximate surface area is 199 Å². The van der Waals surface area contributed by atoms with Gasteiger partial charge in [0.1, 0.15) is 0 Å². The van der Waals surface area contributed by atoms with Crippen molar-refractivity contribution in [2.45, 2.75) is 95.8 Å². The Morgan fingerprint density at radius 1 is 0.781 bits per heavy atom. The number of halogens is 1. The molecule has 0 saturated heterocycles. The van der Waals surface area contributed by atoms with E-state index in [4.69, 9.17) is 25.3 Å². The highest BCUT2D eigenvalue weighted by molar-refractivity contribution is 7.89. The van der Waals surface area contributed by atoms with Gasteiger partial charge in [-0.25, -0.2) is 13.0 Å². The first kappa shape index (κ1) is 29.6. The van der Waals surface area contributed by atoms with Crippen LogP contribution in [0.4, 0.5) is 0 Å². The van der Waals surface area contributed by atoms with Crippen LogP contribution in [-0.4, -0.2) is 21.6 Å². The van der Waals surface area contributed by atoms with Gasteiger partial charge in [-0.3, -0.25) is 9.05 Å². The number of hydrogen-bond donors (Lipinski definition) is 1. The molecule has 1 aromatic carbocycles. The molecule has 7 nitrogen and oxygen atoms in total. The first-order valence-electron chi connectivity index (χ1n) is 11.7. The number of nitrogens with one attached hydrogen (secondary N) is 1. The topological polar surface area (TPSA) is 90.9 Å². The maximum absolute atomic E-state index is 13.0. The quantitative estimate of drug-likeness (QED) is 0.111. The maximum atomic E-state index is 13.0. The second kappa shape index (κ2) is 17.0. The molecule has 10 heteroatoms. The molecule has 0 radical (unpaired) electrons. The predicted molar refractivity (Wildman–Crippen MR) is 129 cm³/mol. The Morgan fingerprint density at radius 3 is 1.69 bits per heavy atom. The number of phosphoric acid groups is 1. The largest absolute Gasteiger partial charge is 0.492 e. The van der Waals surface area contributed by atoms with Gasteiger partial charge in [0.25, 0.3) is 10.0 Å². The van der Waals surface area contributed by atoms with E-state index in [9.17, 15) is 13.0 Å². The van der Waals surface area contributed by atoms with Gasteiger partial charge in [0.15, 0.2) is 0 Å². The van der Waals surface area contributed by atoms with Gasteiger partial charge in [-0.1, -0.05) is 94.5 Å². The lowest BCUT2D eigenvalue weighted by molar-refractivity contribution is 0.0941. The Balaban J connectivity index is 2.57. The van der Waals surface area contributed by atoms with Crippen molar-refractivity contribution in [3.05, 3.63) is 29.3 Å². The predicted octanol–water partition coefficient (Wildman–Crippen LogP) is 7.41. The van der Waals surface area contributed by atoms with E-state index in [1.165, 1.54) is 49.9 Å². The van der Waals surface area contributed by atoms with Crippen LogP contribution in [0.3, 0.4) is 0 Å². The zero-order chi connectivity index (χ0) is 23.7. The molecule has 0 fully saturated rings. The molecule has 0 unspecified atom stereocenters. The molecular weight excluding hydrogens is 473 g/mol. The van der Waals surface area contributed by atoms with Crippen LogP contribution in [0.15, 0.2) is 29.2 Å². The fourth-order valence-corrected chi connectivity index (χ4v) is 5.32. The lowest BCUT2D eigenvalue weighted by Gasteiger charge is -2.18. The molecule has 186 valence electrons. The number of sulfonamides is 1. The van der Waals surface area contributed by atoms with Crippen molar-refractivity contribution in [2.75, 3.05) is 13.2 Å². The Hall–Kier alpha value is -0.470. The fraction of sp³-hybridized carbons (Fsp3) is 0.727. The smallest absolute Gasteiger partial charge is 0.286 e. The summed E-state index contributed by atoms with van der Waals surface area (Å²) in [4.78, 5) is 1.82. The highest BCUT2D eigenvalue weighted by Crippen LogP contribution is 2.49. The van der Waals surface area contributed by atoms with Gasteiger partial charge in [0.05, 0.1) is 18.1 Å². The average molecular weight is 512 g/mol. The molecule has 1 aromatic rings. The first-order valence-corrected chi connectivity index (χ1v) is 15.0. The minimum absolute atomic E-state index is 0.0692. The summed E-state index contributed by atoms with van der Waals surface area (Å²) in [6.45, 7) is 4.65. The van der Waals surface area contributed by atoms with E-state index in [1.807, 2.05) is 4.89 Å². The zero-order valence-electron chi connectivity index (χ0n) is 19.4. The lowest BCUT2D eigenvalue weighted by atomic mass is 10.1. The van der Waals surface area contributed by atoms with Gasteiger partial charge >= 0.3 is 7.82 Å². The Morgan fingerprint density at radius 2 is 1.22 bits per heavy atom. The molecule has 0 aliphatic heterocycles. The maximum Gasteiger partial charge on any atom is 0.492 e. The molecule has 0 spiro atoms. The highest BCUT2D eigenvalue weighted by Gasteiger charge is 2.30. The van der Waals surface area contributed by atoms with Crippen molar-refractivity contribution in [1.82, 2.24) is 4.89 Å². The highest BCUT2D eigenvalue weighted by atomic mass is 35.5. The van der Waals surface area contributed by atoms with Gasteiger partial charge in [0.2, 0.25) is 0 Å². The van der Waals surface area contributed by atoms with Gasteiger partial charge in [0, 0.05) is 5.02 Å². The minimum Gasteiger partial charge on any atom is -0.286 e. The normalized spacial score (nSPS) is 12.3. The van der Waals surface area contributed by atoms with Crippen molar-refractivity contribution in [2.24, 2.45) is 0 Å². The summed E-state index contributed by atoms with van der Waals surface area (Å²) < 4.78 is 53.7. The summed E-state index contributed by atoms with van der Waals surface area (Å²) >= 11 is 5.80. The second-order valence-electron chi connectivity index (χ2n) is 7.78. The summed E-state index contributed by atoms with van der Waals surface area (Å²) in [5, 5.41) is 0.403. The molecule has 0 atom stereocenters. The van der Waals surface area contributed by atoms with E-state index in [1.54, 1.807) is 0 Å². The molecule has 0 amide bonds. The van der Waals surface area contributed by atoms with Crippen LogP contribution in [0.25, 0.3) is 0 Å². The molecule has 32 heavy (non-hydrogen) atoms. The van der Waals surface area contributed by atoms with Gasteiger partial charge in [-0.2, -0.15) is 4.62 Å². The van der Waals surface area contributed by atoms with E-state index in [0.29, 0.717) is 17.9 Å². The third-order valence-electron chi connectivity index (χ3n) is 4.88. The molecule has 0 aliphatic carbocycles. The van der Waals surface area contributed by atoms with Gasteiger partial charge in [-0.05, 0) is 37.1 Å². The standard InChI is InChI=1S/C22H39ClNO6PS/c1-3-5-7-9-11-13-19-28-31(25,29-20-14-12-10-8-6-4-2)30-24-32(26,27)22-17-15-21(23)16-18-22/h15-18,24H,3-14,19-20H2,1-2H3. The van der Waals surface area contributed by atoms with Gasteiger partial charge in [-0.15, -0.1) is 0 Å². The van der Waals surface area contributed by atoms with Gasteiger partial charge < -0.3 is 0 Å². The van der Waals surface area contributed by atoms with Crippen molar-refractivity contribution >= 4 is 29.4 Å². The number of unbranched alkanes of at least 4 members (excludes halogenated alkanes) is 10. The molecule has 0 heterocycles. The summed E-state index contributed by atoms with van der Waals surface area (Å²) in [6, 6.07) is 5.54. The summed E-state index contributed by atoms with van der Waals surface area (Å²) in [7, 11) is -8.15. The SMILES string of the molecule is CCCCCCCCOP(=O)(OCCCCCCCC)ONS(=O)(=O)c1ccc(Cl)cc1. The molecule has 0 aromatic heterocycles. The van der Waals surface area contributed by atoms with Crippen LogP contribution in [0.5, 0.6) is 0 Å². The van der Waals surface area contributed by atoms with E-state index in [-0.39, 0.29) is 18.1 Å². The van der Waals surface area contributed by atoms with Crippen molar-refractivity contribution < 1.29 is 26.7 Å². The zero-order valence-corrected chi connectivity index (χ0v) is 21.9. The molecule has 0 bridgehead atoms. The van der Waals surface area contributed by atoms with Crippen LogP contribution in [-0.2, 0) is 28.3 Å². The van der Waals surface area contributed by atoms with Crippen molar-refractivity contribution in [3.8, 4) is 0 Å². The summed E-state index contributed by atoms with van der Waals surface area (Å²) in [6.07, 6.45) is 12.4. The van der Waals surface area contributed by atoms with Crippen molar-refractivity contribution in [1.29, 1.82) is 0 Å². The third-order valence-corrected chi connectivity index (χ3v) is 7.76. The minimum atomic E-state index is -4.08. The second-order valence-corrected chi connectivity index (χ2v) is 11.5.